The molecule has 0 amide bonds. The van der Waals surface area contributed by atoms with Crippen molar-refractivity contribution in [3.05, 3.63) is 48.8 Å². The zero-order chi connectivity index (χ0) is 13.5. The second kappa shape index (κ2) is 4.20. The van der Waals surface area contributed by atoms with E-state index in [1.54, 1.807) is 30.6 Å². The fourth-order valence-electron chi connectivity index (χ4n) is 2.10. The molecule has 19 heavy (non-hydrogen) atoms. The molecule has 3 rings (SSSR count). The monoisotopic (exact) mass is 271 g/mol. The van der Waals surface area contributed by atoms with Crippen molar-refractivity contribution in [2.24, 2.45) is 0 Å². The van der Waals surface area contributed by atoms with Crippen molar-refractivity contribution >= 4 is 20.9 Å². The van der Waals surface area contributed by atoms with E-state index in [-0.39, 0.29) is 4.90 Å². The topological polar surface area (TPSA) is 62.8 Å². The van der Waals surface area contributed by atoms with E-state index < -0.39 is 9.84 Å². The van der Waals surface area contributed by atoms with Gasteiger partial charge in [-0.2, -0.15) is 0 Å². The molecule has 95 valence electrons. The molecule has 5 heteroatoms. The summed E-state index contributed by atoms with van der Waals surface area (Å²) in [4.78, 5) is 7.52. The molecule has 1 N–H and O–H groups in total. The molecule has 0 atom stereocenters. The molecule has 0 aliphatic heterocycles. The van der Waals surface area contributed by atoms with Gasteiger partial charge < -0.3 is 4.98 Å². The van der Waals surface area contributed by atoms with Gasteiger partial charge in [-0.1, -0.05) is 12.1 Å². The molecule has 0 aliphatic carbocycles. The Hall–Kier alpha value is -2.14. The summed E-state index contributed by atoms with van der Waals surface area (Å²) < 4.78 is 23.7. The van der Waals surface area contributed by atoms with Crippen molar-refractivity contribution in [3.8, 4) is 11.1 Å². The van der Waals surface area contributed by atoms with Crippen LogP contribution in [0.25, 0.3) is 22.2 Å². The second-order valence-electron chi connectivity index (χ2n) is 4.28. The van der Waals surface area contributed by atoms with E-state index in [2.05, 4.69) is 16.0 Å². The Bertz CT molecular complexity index is 851. The number of hydrogen-bond donors (Lipinski definition) is 1. The lowest BCUT2D eigenvalue weighted by atomic mass is 10.1. The predicted octanol–water partition coefficient (Wildman–Crippen LogP) is 2.43. The molecule has 0 saturated heterocycles. The van der Waals surface area contributed by atoms with E-state index >= 15 is 0 Å². The lowest BCUT2D eigenvalue weighted by molar-refractivity contribution is 0.602. The van der Waals surface area contributed by atoms with E-state index in [1.807, 2.05) is 12.1 Å². The number of H-pyrrole nitrogens is 1. The Morgan fingerprint density at radius 1 is 1.26 bits per heavy atom. The quantitative estimate of drug-likeness (QED) is 0.778. The van der Waals surface area contributed by atoms with Gasteiger partial charge in [0.25, 0.3) is 0 Å². The van der Waals surface area contributed by atoms with Crippen molar-refractivity contribution in [1.82, 2.24) is 9.97 Å². The van der Waals surface area contributed by atoms with Crippen molar-refractivity contribution in [3.63, 3.8) is 0 Å². The summed E-state index contributed by atoms with van der Waals surface area (Å²) in [6, 6.07) is 11.7. The number of nitrogens with zero attached hydrogens (tertiary/aromatic N) is 1. The lowest BCUT2D eigenvalue weighted by Crippen LogP contribution is -1.99. The third-order valence-electron chi connectivity index (χ3n) is 2.94. The summed E-state index contributed by atoms with van der Waals surface area (Å²) in [5, 5.41) is 0.884. The van der Waals surface area contributed by atoms with E-state index in [9.17, 15) is 8.42 Å². The SMILES string of the molecule is CS(=O)(=O)c1ccc[c]c1-c1c[nH]c2ncccc12. The van der Waals surface area contributed by atoms with Crippen LogP contribution >= 0.6 is 0 Å². The first-order chi connectivity index (χ1) is 9.07. The Kier molecular flexibility index (Phi) is 2.64. The smallest absolute Gasteiger partial charge is 0.176 e. The first kappa shape index (κ1) is 11.9. The van der Waals surface area contributed by atoms with Crippen molar-refractivity contribution in [2.75, 3.05) is 6.26 Å². The van der Waals surface area contributed by atoms with E-state index in [0.717, 1.165) is 16.6 Å². The van der Waals surface area contributed by atoms with Crippen LogP contribution in [0.3, 0.4) is 0 Å². The maximum Gasteiger partial charge on any atom is 0.176 e. The van der Waals surface area contributed by atoms with E-state index in [4.69, 9.17) is 0 Å². The highest BCUT2D eigenvalue weighted by molar-refractivity contribution is 7.90. The maximum atomic E-state index is 11.8. The molecule has 0 unspecified atom stereocenters. The van der Waals surface area contributed by atoms with Gasteiger partial charge in [-0.15, -0.1) is 0 Å². The Morgan fingerprint density at radius 2 is 2.11 bits per heavy atom. The minimum atomic E-state index is -3.29. The van der Waals surface area contributed by atoms with Crippen molar-refractivity contribution in [2.45, 2.75) is 4.90 Å². The maximum absolute atomic E-state index is 11.8. The summed E-state index contributed by atoms with van der Waals surface area (Å²) in [5.74, 6) is 0. The van der Waals surface area contributed by atoms with Crippen LogP contribution in [0.1, 0.15) is 0 Å². The second-order valence-corrected chi connectivity index (χ2v) is 6.27. The molecule has 1 radical (unpaired) electrons. The summed E-state index contributed by atoms with van der Waals surface area (Å²) in [6.45, 7) is 0. The minimum absolute atomic E-state index is 0.278. The molecule has 0 spiro atoms. The number of aromatic amines is 1. The fourth-order valence-corrected chi connectivity index (χ4v) is 2.97. The zero-order valence-corrected chi connectivity index (χ0v) is 11.0. The van der Waals surface area contributed by atoms with E-state index in [0.29, 0.717) is 5.56 Å². The molecule has 3 aromatic rings. The Morgan fingerprint density at radius 3 is 2.89 bits per heavy atom. The zero-order valence-electron chi connectivity index (χ0n) is 10.2. The van der Waals surface area contributed by atoms with Crippen LogP contribution < -0.4 is 0 Å². The molecule has 2 aromatic heterocycles. The van der Waals surface area contributed by atoms with Crippen molar-refractivity contribution < 1.29 is 8.42 Å². The number of pyridine rings is 1. The van der Waals surface area contributed by atoms with Crippen LogP contribution in [0, 0.1) is 6.07 Å². The molecule has 4 nitrogen and oxygen atoms in total. The first-order valence-electron chi connectivity index (χ1n) is 5.70. The van der Waals surface area contributed by atoms with Gasteiger partial charge in [-0.3, -0.25) is 0 Å². The summed E-state index contributed by atoms with van der Waals surface area (Å²) >= 11 is 0. The van der Waals surface area contributed by atoms with Crippen LogP contribution in [-0.2, 0) is 9.84 Å². The summed E-state index contributed by atoms with van der Waals surface area (Å²) in [6.07, 6.45) is 4.65. The van der Waals surface area contributed by atoms with Gasteiger partial charge in [0.05, 0.1) is 4.90 Å². The molecule has 2 heterocycles. The van der Waals surface area contributed by atoms with Crippen LogP contribution in [0.2, 0.25) is 0 Å². The number of nitrogens with one attached hydrogen (secondary N) is 1. The number of aromatic nitrogens is 2. The van der Waals surface area contributed by atoms with Gasteiger partial charge in [-0.05, 0) is 24.3 Å². The summed E-state index contributed by atoms with van der Waals surface area (Å²) in [7, 11) is -3.29. The molecule has 0 bridgehead atoms. The van der Waals surface area contributed by atoms with Crippen LogP contribution in [0.15, 0.2) is 47.6 Å². The fraction of sp³-hybridized carbons (Fsp3) is 0.0714. The number of benzene rings is 1. The lowest BCUT2D eigenvalue weighted by Gasteiger charge is -2.06. The van der Waals surface area contributed by atoms with Crippen LogP contribution in [0.4, 0.5) is 0 Å². The van der Waals surface area contributed by atoms with Gasteiger partial charge in [0.2, 0.25) is 0 Å². The summed E-state index contributed by atoms with van der Waals surface area (Å²) in [5.41, 5.74) is 2.10. The van der Waals surface area contributed by atoms with E-state index in [1.165, 1.54) is 6.26 Å². The average molecular weight is 271 g/mol. The molecule has 0 saturated carbocycles. The highest BCUT2D eigenvalue weighted by Crippen LogP contribution is 2.31. The largest absolute Gasteiger partial charge is 0.346 e. The number of fused-ring (bicyclic) bond motifs is 1. The number of hydrogen-bond acceptors (Lipinski definition) is 3. The third-order valence-corrected chi connectivity index (χ3v) is 4.08. The Balaban J connectivity index is 2.34. The molecule has 0 aliphatic rings. The standard InChI is InChI=1S/C14H11N2O2S/c1-19(17,18)13-7-3-2-5-10(13)12-9-16-14-11(12)6-4-8-15-14/h2-4,6-9H,1H3,(H,15,16). The molecular weight excluding hydrogens is 260 g/mol. The molecular formula is C14H11N2O2S. The molecule has 0 fully saturated rings. The predicted molar refractivity (Wildman–Crippen MR) is 73.5 cm³/mol. The number of sulfone groups is 1. The van der Waals surface area contributed by atoms with Gasteiger partial charge in [0, 0.05) is 35.2 Å². The number of rotatable bonds is 2. The average Bonchev–Trinajstić information content (AvgIpc) is 2.81. The molecule has 1 aromatic carbocycles. The van der Waals surface area contributed by atoms with Crippen LogP contribution in [0.5, 0.6) is 0 Å². The third kappa shape index (κ3) is 2.02. The highest BCUT2D eigenvalue weighted by Gasteiger charge is 2.16. The van der Waals surface area contributed by atoms with Crippen molar-refractivity contribution in [1.29, 1.82) is 0 Å². The van der Waals surface area contributed by atoms with Gasteiger partial charge in [-0.25, -0.2) is 13.4 Å². The van der Waals surface area contributed by atoms with Gasteiger partial charge >= 0.3 is 0 Å². The normalized spacial score (nSPS) is 11.8. The highest BCUT2D eigenvalue weighted by atomic mass is 32.2. The van der Waals surface area contributed by atoms with Gasteiger partial charge in [0.15, 0.2) is 9.84 Å². The Labute approximate surface area is 111 Å². The first-order valence-corrected chi connectivity index (χ1v) is 7.60. The minimum Gasteiger partial charge on any atom is -0.346 e. The van der Waals surface area contributed by atoms with Crippen LogP contribution in [-0.4, -0.2) is 24.6 Å². The van der Waals surface area contributed by atoms with Gasteiger partial charge in [0.1, 0.15) is 5.65 Å².